The summed E-state index contributed by atoms with van der Waals surface area (Å²) >= 11 is 5.79. The largest absolute Gasteiger partial charge is 0.355 e. The molecule has 1 amide bonds. The lowest BCUT2D eigenvalue weighted by atomic mass is 9.97. The first-order valence-electron chi connectivity index (χ1n) is 7.23. The van der Waals surface area contributed by atoms with E-state index in [4.69, 9.17) is 11.6 Å². The summed E-state index contributed by atoms with van der Waals surface area (Å²) in [5.74, 6) is 0.00856. The lowest BCUT2D eigenvalue weighted by Gasteiger charge is -2.21. The predicted molar refractivity (Wildman–Crippen MR) is 92.5 cm³/mol. The summed E-state index contributed by atoms with van der Waals surface area (Å²) in [6, 6.07) is 6.05. The molecule has 0 saturated carbocycles. The molecule has 0 aliphatic carbocycles. The molecule has 0 aromatic heterocycles. The standard InChI is InChI=1S/C14H20ClN3O3S.ClH/c15-12-2-1-3-13(10-12)22(20,21)18-9-8-17-14(19)11-4-6-16-7-5-11;/h1-3,10-11,16,18H,4-9H2,(H,17,19);1H. The Balaban J connectivity index is 0.00000264. The Bertz CT molecular complexity index is 619. The molecule has 1 aromatic carbocycles. The summed E-state index contributed by atoms with van der Waals surface area (Å²) in [7, 11) is -3.60. The number of halogens is 2. The Kier molecular flexibility index (Phi) is 8.28. The molecule has 0 atom stereocenters. The van der Waals surface area contributed by atoms with E-state index in [9.17, 15) is 13.2 Å². The van der Waals surface area contributed by atoms with Crippen LogP contribution < -0.4 is 15.4 Å². The zero-order chi connectivity index (χ0) is 16.0. The van der Waals surface area contributed by atoms with E-state index in [1.54, 1.807) is 12.1 Å². The number of hydrogen-bond acceptors (Lipinski definition) is 4. The van der Waals surface area contributed by atoms with E-state index in [1.165, 1.54) is 12.1 Å². The van der Waals surface area contributed by atoms with Gasteiger partial charge in [0.2, 0.25) is 15.9 Å². The van der Waals surface area contributed by atoms with E-state index in [0.717, 1.165) is 25.9 Å². The third-order valence-electron chi connectivity index (χ3n) is 3.53. The number of hydrogen-bond donors (Lipinski definition) is 3. The molecular formula is C14H21Cl2N3O3S. The molecule has 3 N–H and O–H groups in total. The summed E-state index contributed by atoms with van der Waals surface area (Å²) in [5.41, 5.74) is 0. The van der Waals surface area contributed by atoms with Gasteiger partial charge in [0.15, 0.2) is 0 Å². The van der Waals surface area contributed by atoms with Crippen LogP contribution in [0, 0.1) is 5.92 Å². The first-order chi connectivity index (χ1) is 10.5. The van der Waals surface area contributed by atoms with Gasteiger partial charge in [-0.2, -0.15) is 0 Å². The normalized spacial score (nSPS) is 15.7. The molecule has 0 radical (unpaired) electrons. The molecule has 0 spiro atoms. The van der Waals surface area contributed by atoms with Crippen LogP contribution in [-0.2, 0) is 14.8 Å². The Morgan fingerprint density at radius 2 is 1.96 bits per heavy atom. The molecule has 1 aliphatic rings. The van der Waals surface area contributed by atoms with Crippen LogP contribution in [0.15, 0.2) is 29.2 Å². The minimum absolute atomic E-state index is 0. The maximum Gasteiger partial charge on any atom is 0.240 e. The number of carbonyl (C=O) groups is 1. The Labute approximate surface area is 147 Å². The smallest absolute Gasteiger partial charge is 0.240 e. The van der Waals surface area contributed by atoms with Crippen molar-refractivity contribution < 1.29 is 13.2 Å². The van der Waals surface area contributed by atoms with Gasteiger partial charge in [-0.3, -0.25) is 4.79 Å². The summed E-state index contributed by atoms with van der Waals surface area (Å²) in [4.78, 5) is 12.0. The second-order valence-corrected chi connectivity index (χ2v) is 7.37. The zero-order valence-corrected chi connectivity index (χ0v) is 14.9. The van der Waals surface area contributed by atoms with Crippen molar-refractivity contribution in [1.29, 1.82) is 0 Å². The third kappa shape index (κ3) is 6.27. The van der Waals surface area contributed by atoms with Crippen LogP contribution in [-0.4, -0.2) is 40.5 Å². The SMILES string of the molecule is Cl.O=C(NCCNS(=O)(=O)c1cccc(Cl)c1)C1CCNCC1. The average molecular weight is 382 g/mol. The number of rotatable bonds is 6. The van der Waals surface area contributed by atoms with Gasteiger partial charge in [0.05, 0.1) is 4.90 Å². The molecule has 1 aromatic rings. The predicted octanol–water partition coefficient (Wildman–Crippen LogP) is 1.16. The summed E-state index contributed by atoms with van der Waals surface area (Å²) in [6.45, 7) is 2.10. The van der Waals surface area contributed by atoms with Crippen molar-refractivity contribution in [2.75, 3.05) is 26.2 Å². The fraction of sp³-hybridized carbons (Fsp3) is 0.500. The molecule has 1 fully saturated rings. The van der Waals surface area contributed by atoms with Crippen LogP contribution in [0.25, 0.3) is 0 Å². The highest BCUT2D eigenvalue weighted by atomic mass is 35.5. The highest BCUT2D eigenvalue weighted by Crippen LogP contribution is 2.15. The molecule has 9 heteroatoms. The molecule has 1 saturated heterocycles. The number of piperidine rings is 1. The van der Waals surface area contributed by atoms with Crippen LogP contribution in [0.4, 0.5) is 0 Å². The van der Waals surface area contributed by atoms with E-state index in [1.807, 2.05) is 0 Å². The van der Waals surface area contributed by atoms with Crippen molar-refractivity contribution >= 4 is 39.9 Å². The van der Waals surface area contributed by atoms with Crippen molar-refractivity contribution in [3.05, 3.63) is 29.3 Å². The van der Waals surface area contributed by atoms with Crippen LogP contribution in [0.3, 0.4) is 0 Å². The molecule has 0 unspecified atom stereocenters. The monoisotopic (exact) mass is 381 g/mol. The first kappa shape index (κ1) is 20.2. The molecule has 2 rings (SSSR count). The fourth-order valence-corrected chi connectivity index (χ4v) is 3.65. The number of benzene rings is 1. The number of nitrogens with one attached hydrogen (secondary N) is 3. The van der Waals surface area contributed by atoms with E-state index in [-0.39, 0.29) is 42.2 Å². The molecular weight excluding hydrogens is 361 g/mol. The van der Waals surface area contributed by atoms with E-state index in [2.05, 4.69) is 15.4 Å². The number of sulfonamides is 1. The van der Waals surface area contributed by atoms with Gasteiger partial charge in [-0.25, -0.2) is 13.1 Å². The van der Waals surface area contributed by atoms with Crippen LogP contribution in [0.5, 0.6) is 0 Å². The highest BCUT2D eigenvalue weighted by Gasteiger charge is 2.20. The Hall–Kier alpha value is -0.860. The minimum atomic E-state index is -3.60. The van der Waals surface area contributed by atoms with E-state index in [0.29, 0.717) is 5.02 Å². The van der Waals surface area contributed by atoms with E-state index < -0.39 is 10.0 Å². The topological polar surface area (TPSA) is 87.3 Å². The van der Waals surface area contributed by atoms with Crippen molar-refractivity contribution in [3.8, 4) is 0 Å². The van der Waals surface area contributed by atoms with Crippen LogP contribution in [0.2, 0.25) is 5.02 Å². The third-order valence-corrected chi connectivity index (χ3v) is 5.23. The minimum Gasteiger partial charge on any atom is -0.355 e. The molecule has 23 heavy (non-hydrogen) atoms. The van der Waals surface area contributed by atoms with Crippen LogP contribution in [0.1, 0.15) is 12.8 Å². The van der Waals surface area contributed by atoms with Gasteiger partial charge in [-0.05, 0) is 44.1 Å². The quantitative estimate of drug-likeness (QED) is 0.645. The highest BCUT2D eigenvalue weighted by molar-refractivity contribution is 7.89. The van der Waals surface area contributed by atoms with E-state index >= 15 is 0 Å². The Morgan fingerprint density at radius 1 is 1.26 bits per heavy atom. The van der Waals surface area contributed by atoms with Crippen molar-refractivity contribution in [1.82, 2.24) is 15.4 Å². The molecule has 1 aliphatic heterocycles. The van der Waals surface area contributed by atoms with Gasteiger partial charge in [-0.15, -0.1) is 12.4 Å². The summed E-state index contributed by atoms with van der Waals surface area (Å²) < 4.78 is 26.5. The molecule has 130 valence electrons. The second-order valence-electron chi connectivity index (χ2n) is 5.17. The van der Waals surface area contributed by atoms with Crippen molar-refractivity contribution in [2.45, 2.75) is 17.7 Å². The first-order valence-corrected chi connectivity index (χ1v) is 9.09. The van der Waals surface area contributed by atoms with Gasteiger partial charge < -0.3 is 10.6 Å². The molecule has 0 bridgehead atoms. The lowest BCUT2D eigenvalue weighted by molar-refractivity contribution is -0.125. The lowest BCUT2D eigenvalue weighted by Crippen LogP contribution is -2.41. The molecule has 6 nitrogen and oxygen atoms in total. The van der Waals surface area contributed by atoms with Gasteiger partial charge in [-0.1, -0.05) is 17.7 Å². The van der Waals surface area contributed by atoms with Crippen molar-refractivity contribution in [2.24, 2.45) is 5.92 Å². The van der Waals surface area contributed by atoms with Crippen LogP contribution >= 0.6 is 24.0 Å². The maximum atomic E-state index is 12.0. The van der Waals surface area contributed by atoms with Gasteiger partial charge in [0.25, 0.3) is 0 Å². The van der Waals surface area contributed by atoms with Gasteiger partial charge in [0, 0.05) is 24.0 Å². The Morgan fingerprint density at radius 3 is 2.61 bits per heavy atom. The fourth-order valence-electron chi connectivity index (χ4n) is 2.32. The van der Waals surface area contributed by atoms with Gasteiger partial charge >= 0.3 is 0 Å². The number of amides is 1. The second kappa shape index (κ2) is 9.44. The summed E-state index contributed by atoms with van der Waals surface area (Å²) in [5, 5.41) is 6.33. The molecule has 1 heterocycles. The van der Waals surface area contributed by atoms with Gasteiger partial charge in [0.1, 0.15) is 0 Å². The summed E-state index contributed by atoms with van der Waals surface area (Å²) in [6.07, 6.45) is 1.64. The van der Waals surface area contributed by atoms with Crippen molar-refractivity contribution in [3.63, 3.8) is 0 Å². The zero-order valence-electron chi connectivity index (χ0n) is 12.5. The average Bonchev–Trinajstić information content (AvgIpc) is 2.52. The maximum absolute atomic E-state index is 12.0. The number of carbonyl (C=O) groups excluding carboxylic acids is 1.